The highest BCUT2D eigenvalue weighted by Gasteiger charge is 2.22. The number of nitrogens with one attached hydrogen (secondary N) is 1. The average Bonchev–Trinajstić information content (AvgIpc) is 2.71. The second-order valence-corrected chi connectivity index (χ2v) is 8.35. The molecule has 0 aliphatic heterocycles. The first-order valence-electron chi connectivity index (χ1n) is 9.05. The maximum atomic E-state index is 12.9. The zero-order valence-electron chi connectivity index (χ0n) is 15.8. The van der Waals surface area contributed by atoms with Crippen molar-refractivity contribution >= 4 is 21.6 Å². The van der Waals surface area contributed by atoms with Gasteiger partial charge in [-0.2, -0.15) is 0 Å². The van der Waals surface area contributed by atoms with Crippen LogP contribution in [0.5, 0.6) is 0 Å². The molecule has 7 heteroatoms. The molecule has 0 aromatic heterocycles. The molecule has 2 aromatic carbocycles. The van der Waals surface area contributed by atoms with E-state index >= 15 is 0 Å². The van der Waals surface area contributed by atoms with E-state index in [0.29, 0.717) is 17.8 Å². The fraction of sp³-hybridized carbons (Fsp3) is 0.350. The lowest BCUT2D eigenvalue weighted by atomic mass is 10.1. The first-order chi connectivity index (χ1) is 12.9. The Morgan fingerprint density at radius 3 is 2.48 bits per heavy atom. The molecular formula is C20H27N3O3S. The number of amides is 1. The highest BCUT2D eigenvalue weighted by molar-refractivity contribution is 7.92. The highest BCUT2D eigenvalue weighted by atomic mass is 32.2. The Hall–Kier alpha value is -2.38. The number of para-hydroxylation sites is 1. The minimum atomic E-state index is -3.77. The van der Waals surface area contributed by atoms with Crippen molar-refractivity contribution in [3.8, 4) is 0 Å². The van der Waals surface area contributed by atoms with Gasteiger partial charge in [-0.25, -0.2) is 8.42 Å². The van der Waals surface area contributed by atoms with Gasteiger partial charge in [-0.1, -0.05) is 44.0 Å². The summed E-state index contributed by atoms with van der Waals surface area (Å²) in [6.45, 7) is 2.42. The fourth-order valence-corrected chi connectivity index (χ4v) is 3.94. The van der Waals surface area contributed by atoms with Crippen molar-refractivity contribution < 1.29 is 13.2 Å². The summed E-state index contributed by atoms with van der Waals surface area (Å²) in [6.07, 6.45) is 2.79. The van der Waals surface area contributed by atoms with Gasteiger partial charge < -0.3 is 11.1 Å². The number of nitrogens with zero attached hydrogens (tertiary/aromatic N) is 1. The van der Waals surface area contributed by atoms with Crippen LogP contribution in [0.4, 0.5) is 5.69 Å². The van der Waals surface area contributed by atoms with Crippen molar-refractivity contribution in [2.24, 2.45) is 5.73 Å². The fourth-order valence-electron chi connectivity index (χ4n) is 2.70. The number of unbranched alkanes of at least 4 members (excludes halogenated alkanes) is 1. The SMILES string of the molecule is CCCCC(CN)NC(=O)c1cccc(S(=O)(=O)N(C)c2ccccc2)c1. The number of carbonyl (C=O) groups excluding carboxylic acids is 1. The highest BCUT2D eigenvalue weighted by Crippen LogP contribution is 2.22. The Morgan fingerprint density at radius 2 is 1.85 bits per heavy atom. The van der Waals surface area contributed by atoms with Crippen LogP contribution in [0, 0.1) is 0 Å². The summed E-state index contributed by atoms with van der Waals surface area (Å²) >= 11 is 0. The molecule has 0 spiro atoms. The van der Waals surface area contributed by atoms with E-state index in [1.165, 1.54) is 23.5 Å². The molecule has 1 unspecified atom stereocenters. The van der Waals surface area contributed by atoms with Gasteiger partial charge in [0.2, 0.25) is 0 Å². The Bertz CT molecular complexity index is 854. The normalized spacial score (nSPS) is 12.4. The lowest BCUT2D eigenvalue weighted by molar-refractivity contribution is 0.0935. The van der Waals surface area contributed by atoms with Crippen molar-refractivity contribution in [3.63, 3.8) is 0 Å². The largest absolute Gasteiger partial charge is 0.348 e. The topological polar surface area (TPSA) is 92.5 Å². The van der Waals surface area contributed by atoms with Gasteiger partial charge in [0.15, 0.2) is 0 Å². The summed E-state index contributed by atoms with van der Waals surface area (Å²) in [6, 6.07) is 14.7. The third-order valence-electron chi connectivity index (χ3n) is 4.40. The Labute approximate surface area is 161 Å². The molecule has 0 heterocycles. The van der Waals surface area contributed by atoms with Crippen molar-refractivity contribution in [1.82, 2.24) is 5.32 Å². The van der Waals surface area contributed by atoms with E-state index in [4.69, 9.17) is 5.73 Å². The first kappa shape index (κ1) is 20.9. The molecular weight excluding hydrogens is 362 g/mol. The minimum absolute atomic E-state index is 0.0689. The molecule has 2 rings (SSSR count). The van der Waals surface area contributed by atoms with Crippen LogP contribution in [0.2, 0.25) is 0 Å². The maximum Gasteiger partial charge on any atom is 0.264 e. The molecule has 6 nitrogen and oxygen atoms in total. The second kappa shape index (κ2) is 9.53. The molecule has 3 N–H and O–H groups in total. The minimum Gasteiger partial charge on any atom is -0.348 e. The third-order valence-corrected chi connectivity index (χ3v) is 6.18. The van der Waals surface area contributed by atoms with E-state index in [1.807, 2.05) is 6.07 Å². The molecule has 0 saturated carbocycles. The number of rotatable bonds is 9. The number of benzene rings is 2. The lowest BCUT2D eigenvalue weighted by Crippen LogP contribution is -2.40. The number of hydrogen-bond acceptors (Lipinski definition) is 4. The molecule has 0 aliphatic carbocycles. The number of sulfonamides is 1. The van der Waals surface area contributed by atoms with E-state index < -0.39 is 10.0 Å². The van der Waals surface area contributed by atoms with E-state index in [1.54, 1.807) is 36.4 Å². The van der Waals surface area contributed by atoms with Gasteiger partial charge in [0.05, 0.1) is 10.6 Å². The first-order valence-corrected chi connectivity index (χ1v) is 10.5. The van der Waals surface area contributed by atoms with Crippen LogP contribution in [-0.2, 0) is 10.0 Å². The van der Waals surface area contributed by atoms with Crippen LogP contribution in [0.3, 0.4) is 0 Å². The summed E-state index contributed by atoms with van der Waals surface area (Å²) in [5, 5.41) is 2.88. The monoisotopic (exact) mass is 389 g/mol. The van der Waals surface area contributed by atoms with Crippen LogP contribution < -0.4 is 15.4 Å². The summed E-state index contributed by atoms with van der Waals surface area (Å²) in [5.74, 6) is -0.319. The van der Waals surface area contributed by atoms with Crippen LogP contribution >= 0.6 is 0 Å². The summed E-state index contributed by atoms with van der Waals surface area (Å²) in [4.78, 5) is 12.6. The van der Waals surface area contributed by atoms with Crippen molar-refractivity contribution in [2.45, 2.75) is 37.1 Å². The van der Waals surface area contributed by atoms with E-state index in [2.05, 4.69) is 12.2 Å². The van der Waals surface area contributed by atoms with Crippen molar-refractivity contribution in [2.75, 3.05) is 17.9 Å². The third kappa shape index (κ3) is 5.30. The van der Waals surface area contributed by atoms with Crippen LogP contribution in [-0.4, -0.2) is 34.0 Å². The predicted molar refractivity (Wildman–Crippen MR) is 108 cm³/mol. The van der Waals surface area contributed by atoms with Gasteiger partial charge in [-0.3, -0.25) is 9.10 Å². The second-order valence-electron chi connectivity index (χ2n) is 6.38. The molecule has 1 atom stereocenters. The standard InChI is InChI=1S/C20H27N3O3S/c1-3-4-10-17(15-21)22-20(24)16-9-8-13-19(14-16)27(25,26)23(2)18-11-6-5-7-12-18/h5-9,11-14,17H,3-4,10,15,21H2,1-2H3,(H,22,24). The van der Waals surface area contributed by atoms with Gasteiger partial charge >= 0.3 is 0 Å². The molecule has 0 radical (unpaired) electrons. The Balaban J connectivity index is 2.22. The molecule has 0 saturated heterocycles. The van der Waals surface area contributed by atoms with E-state index in [-0.39, 0.29) is 16.8 Å². The Kier molecular flexibility index (Phi) is 7.38. The molecule has 146 valence electrons. The van der Waals surface area contributed by atoms with Crippen LogP contribution in [0.1, 0.15) is 36.5 Å². The summed E-state index contributed by atoms with van der Waals surface area (Å²) in [5.41, 5.74) is 6.58. The van der Waals surface area contributed by atoms with Crippen molar-refractivity contribution in [1.29, 1.82) is 0 Å². The molecule has 0 aliphatic rings. The van der Waals surface area contributed by atoms with E-state index in [0.717, 1.165) is 19.3 Å². The number of anilines is 1. The van der Waals surface area contributed by atoms with E-state index in [9.17, 15) is 13.2 Å². The molecule has 1 amide bonds. The lowest BCUT2D eigenvalue weighted by Gasteiger charge is -2.20. The maximum absolute atomic E-state index is 12.9. The van der Waals surface area contributed by atoms with Gasteiger partial charge in [0.25, 0.3) is 15.9 Å². The quantitative estimate of drug-likeness (QED) is 0.690. The Morgan fingerprint density at radius 1 is 1.15 bits per heavy atom. The smallest absolute Gasteiger partial charge is 0.264 e. The zero-order valence-corrected chi connectivity index (χ0v) is 16.6. The number of nitrogens with two attached hydrogens (primary N) is 1. The predicted octanol–water partition coefficient (Wildman–Crippen LogP) is 2.76. The molecule has 27 heavy (non-hydrogen) atoms. The van der Waals surface area contributed by atoms with Crippen LogP contribution in [0.15, 0.2) is 59.5 Å². The van der Waals surface area contributed by atoms with Crippen LogP contribution in [0.25, 0.3) is 0 Å². The number of hydrogen-bond donors (Lipinski definition) is 2. The average molecular weight is 390 g/mol. The van der Waals surface area contributed by atoms with Crippen molar-refractivity contribution in [3.05, 3.63) is 60.2 Å². The molecule has 0 fully saturated rings. The van der Waals surface area contributed by atoms with Gasteiger partial charge in [0, 0.05) is 25.2 Å². The summed E-state index contributed by atoms with van der Waals surface area (Å²) in [7, 11) is -2.27. The zero-order chi connectivity index (χ0) is 19.9. The molecule has 0 bridgehead atoms. The van der Waals surface area contributed by atoms with Gasteiger partial charge in [-0.05, 0) is 36.8 Å². The van der Waals surface area contributed by atoms with Gasteiger partial charge in [0.1, 0.15) is 0 Å². The molecule has 2 aromatic rings. The van der Waals surface area contributed by atoms with Gasteiger partial charge in [-0.15, -0.1) is 0 Å². The number of carbonyl (C=O) groups is 1. The summed E-state index contributed by atoms with van der Waals surface area (Å²) < 4.78 is 27.0.